The van der Waals surface area contributed by atoms with E-state index >= 15 is 0 Å². The molecule has 1 saturated carbocycles. The van der Waals surface area contributed by atoms with Crippen molar-refractivity contribution in [3.63, 3.8) is 0 Å². The zero-order chi connectivity index (χ0) is 25.1. The maximum absolute atomic E-state index is 13.5. The predicted molar refractivity (Wildman–Crippen MR) is 112 cm³/mol. The first-order valence-electron chi connectivity index (χ1n) is 11.0. The number of fused-ring (bicyclic) bond motifs is 5. The summed E-state index contributed by atoms with van der Waals surface area (Å²) in [5.74, 6) is -3.01. The van der Waals surface area contributed by atoms with Gasteiger partial charge in [-0.1, -0.05) is 6.07 Å². The highest BCUT2D eigenvalue weighted by molar-refractivity contribution is 5.99. The molecular formula is C23H21F4N3O5. The Hall–Kier alpha value is -3.41. The molecule has 1 aromatic heterocycles. The van der Waals surface area contributed by atoms with Crippen LogP contribution >= 0.6 is 0 Å². The van der Waals surface area contributed by atoms with Gasteiger partial charge in [0.1, 0.15) is 11.4 Å². The van der Waals surface area contributed by atoms with E-state index in [1.807, 2.05) is 0 Å². The second-order valence-electron chi connectivity index (χ2n) is 8.79. The zero-order valence-corrected chi connectivity index (χ0v) is 18.5. The molecule has 1 N–H and O–H groups in total. The van der Waals surface area contributed by atoms with E-state index in [1.54, 1.807) is 4.90 Å². The van der Waals surface area contributed by atoms with Crippen molar-refractivity contribution in [2.75, 3.05) is 7.11 Å². The molecule has 186 valence electrons. The first kappa shape index (κ1) is 23.3. The van der Waals surface area contributed by atoms with Gasteiger partial charge in [0.25, 0.3) is 11.8 Å². The SMILES string of the molecule is COc1c2n(cc(C(=O)NCc3ccc(F)c(C(F)(F)F)c3)c1=O)C[C@@H]1O[C@H]3CC[C@H](C3)N1C2=O. The lowest BCUT2D eigenvalue weighted by molar-refractivity contribution is -0.140. The summed E-state index contributed by atoms with van der Waals surface area (Å²) < 4.78 is 65.1. The number of pyridine rings is 1. The smallest absolute Gasteiger partial charge is 0.419 e. The van der Waals surface area contributed by atoms with Crippen molar-refractivity contribution in [1.82, 2.24) is 14.8 Å². The van der Waals surface area contributed by atoms with Gasteiger partial charge in [-0.2, -0.15) is 13.2 Å². The summed E-state index contributed by atoms with van der Waals surface area (Å²) in [6.07, 6.45) is -1.77. The number of carbonyl (C=O) groups is 2. The highest BCUT2D eigenvalue weighted by atomic mass is 19.4. The molecular weight excluding hydrogens is 474 g/mol. The second kappa shape index (κ2) is 8.36. The van der Waals surface area contributed by atoms with E-state index in [2.05, 4.69) is 5.32 Å². The Kier molecular flexibility index (Phi) is 5.58. The van der Waals surface area contributed by atoms with Crippen LogP contribution in [0.15, 0.2) is 29.2 Å². The number of amides is 2. The third-order valence-electron chi connectivity index (χ3n) is 6.68. The molecule has 2 aromatic rings. The third-order valence-corrected chi connectivity index (χ3v) is 6.68. The number of hydrogen-bond donors (Lipinski definition) is 1. The van der Waals surface area contributed by atoms with Crippen molar-refractivity contribution in [1.29, 1.82) is 0 Å². The number of alkyl halides is 3. The zero-order valence-electron chi connectivity index (χ0n) is 18.5. The van der Waals surface area contributed by atoms with Gasteiger partial charge in [-0.3, -0.25) is 14.4 Å². The molecule has 35 heavy (non-hydrogen) atoms. The van der Waals surface area contributed by atoms with Crippen molar-refractivity contribution in [3.05, 3.63) is 62.8 Å². The predicted octanol–water partition coefficient (Wildman–Crippen LogP) is 2.68. The molecule has 0 spiro atoms. The molecule has 1 aliphatic carbocycles. The summed E-state index contributed by atoms with van der Waals surface area (Å²) in [4.78, 5) is 40.8. The van der Waals surface area contributed by atoms with Gasteiger partial charge in [0.05, 0.1) is 25.3 Å². The lowest BCUT2D eigenvalue weighted by atomic mass is 10.1. The Morgan fingerprint density at radius 2 is 2.03 bits per heavy atom. The van der Waals surface area contributed by atoms with Gasteiger partial charge in [-0.25, -0.2) is 4.39 Å². The molecule has 5 rings (SSSR count). The standard InChI is InChI=1S/C23H21F4N3O5/c1-34-20-18-22(33)30-12-3-4-13(7-12)35-17(30)10-29(18)9-14(19(20)31)21(32)28-8-11-2-5-16(24)15(6-11)23(25,26)27/h2,5-6,9,12-13,17H,3-4,7-8,10H2,1H3,(H,28,32)/t12-,13+,17+/m1/s1. The minimum Gasteiger partial charge on any atom is -0.491 e. The van der Waals surface area contributed by atoms with Crippen LogP contribution in [0.25, 0.3) is 0 Å². The number of ether oxygens (including phenoxy) is 2. The van der Waals surface area contributed by atoms with E-state index in [1.165, 1.54) is 17.9 Å². The summed E-state index contributed by atoms with van der Waals surface area (Å²) >= 11 is 0. The normalized spacial score (nSPS) is 23.1. The van der Waals surface area contributed by atoms with Gasteiger partial charge < -0.3 is 24.3 Å². The van der Waals surface area contributed by atoms with Crippen LogP contribution in [-0.2, 0) is 24.0 Å². The van der Waals surface area contributed by atoms with Crippen LogP contribution in [0.5, 0.6) is 5.75 Å². The minimum atomic E-state index is -4.89. The average Bonchev–Trinajstić information content (AvgIpc) is 3.18. The Labute approximate surface area is 196 Å². The van der Waals surface area contributed by atoms with E-state index < -0.39 is 41.0 Å². The Morgan fingerprint density at radius 3 is 2.74 bits per heavy atom. The summed E-state index contributed by atoms with van der Waals surface area (Å²) in [6, 6.07) is 2.38. The molecule has 0 unspecified atom stereocenters. The monoisotopic (exact) mass is 495 g/mol. The number of halogens is 4. The van der Waals surface area contributed by atoms with Crippen LogP contribution < -0.4 is 15.5 Å². The molecule has 1 aromatic carbocycles. The average molecular weight is 495 g/mol. The van der Waals surface area contributed by atoms with Crippen molar-refractivity contribution in [2.45, 2.75) is 56.9 Å². The number of nitrogens with zero attached hydrogens (tertiary/aromatic N) is 2. The Bertz CT molecular complexity index is 1280. The first-order valence-corrected chi connectivity index (χ1v) is 11.0. The number of hydrogen-bond acceptors (Lipinski definition) is 5. The highest BCUT2D eigenvalue weighted by Gasteiger charge is 2.47. The van der Waals surface area contributed by atoms with Crippen LogP contribution in [0.4, 0.5) is 17.6 Å². The number of rotatable bonds is 4. The first-order chi connectivity index (χ1) is 16.6. The fourth-order valence-electron chi connectivity index (χ4n) is 5.07. The highest BCUT2D eigenvalue weighted by Crippen LogP contribution is 2.39. The minimum absolute atomic E-state index is 0.00555. The fourth-order valence-corrected chi connectivity index (χ4v) is 5.07. The molecule has 2 aliphatic heterocycles. The summed E-state index contributed by atoms with van der Waals surface area (Å²) in [6.45, 7) is -0.189. The Balaban J connectivity index is 1.43. The van der Waals surface area contributed by atoms with E-state index in [4.69, 9.17) is 9.47 Å². The van der Waals surface area contributed by atoms with Crippen LogP contribution in [0.1, 0.15) is 51.2 Å². The quantitative estimate of drug-likeness (QED) is 0.659. The third kappa shape index (κ3) is 3.95. The van der Waals surface area contributed by atoms with E-state index in [9.17, 15) is 31.9 Å². The van der Waals surface area contributed by atoms with E-state index in [0.717, 1.165) is 25.3 Å². The maximum Gasteiger partial charge on any atom is 0.419 e. The number of nitrogens with one attached hydrogen (secondary N) is 1. The molecule has 2 bridgehead atoms. The summed E-state index contributed by atoms with van der Waals surface area (Å²) in [7, 11) is 1.22. The number of methoxy groups -OCH3 is 1. The molecule has 2 fully saturated rings. The topological polar surface area (TPSA) is 89.9 Å². The van der Waals surface area contributed by atoms with Crippen LogP contribution in [0.2, 0.25) is 0 Å². The van der Waals surface area contributed by atoms with Crippen LogP contribution in [0, 0.1) is 5.82 Å². The molecule has 8 nitrogen and oxygen atoms in total. The maximum atomic E-state index is 13.5. The summed E-state index contributed by atoms with van der Waals surface area (Å²) in [5.41, 5.74) is -2.60. The van der Waals surface area contributed by atoms with Crippen LogP contribution in [-0.4, -0.2) is 46.8 Å². The lowest BCUT2D eigenvalue weighted by Gasteiger charge is -2.44. The molecule has 2 amide bonds. The molecule has 3 heterocycles. The van der Waals surface area contributed by atoms with Crippen molar-refractivity contribution in [3.8, 4) is 5.75 Å². The Morgan fingerprint density at radius 1 is 1.26 bits per heavy atom. The summed E-state index contributed by atoms with van der Waals surface area (Å²) in [5, 5.41) is 2.38. The molecule has 3 atom stereocenters. The molecule has 12 heteroatoms. The number of aromatic nitrogens is 1. The van der Waals surface area contributed by atoms with Gasteiger partial charge in [-0.05, 0) is 37.0 Å². The molecule has 3 aliphatic rings. The second-order valence-corrected chi connectivity index (χ2v) is 8.79. The number of benzene rings is 1. The molecule has 0 radical (unpaired) electrons. The van der Waals surface area contributed by atoms with Crippen molar-refractivity contribution < 1.29 is 36.6 Å². The van der Waals surface area contributed by atoms with Gasteiger partial charge >= 0.3 is 6.18 Å². The van der Waals surface area contributed by atoms with Crippen molar-refractivity contribution in [2.24, 2.45) is 0 Å². The van der Waals surface area contributed by atoms with Gasteiger partial charge in [0.15, 0.2) is 17.7 Å². The van der Waals surface area contributed by atoms with E-state index in [-0.39, 0.29) is 47.8 Å². The van der Waals surface area contributed by atoms with Gasteiger partial charge in [-0.15, -0.1) is 0 Å². The van der Waals surface area contributed by atoms with E-state index in [0.29, 0.717) is 12.1 Å². The lowest BCUT2D eigenvalue weighted by Crippen LogP contribution is -2.57. The van der Waals surface area contributed by atoms with Gasteiger partial charge in [0, 0.05) is 18.8 Å². The molecule has 1 saturated heterocycles. The number of carbonyl (C=O) groups excluding carboxylic acids is 2. The largest absolute Gasteiger partial charge is 0.491 e. The van der Waals surface area contributed by atoms with Crippen molar-refractivity contribution >= 4 is 11.8 Å². The fraction of sp³-hybridized carbons (Fsp3) is 0.435. The van der Waals surface area contributed by atoms with Gasteiger partial charge in [0.2, 0.25) is 5.43 Å². The van der Waals surface area contributed by atoms with Crippen LogP contribution in [0.3, 0.4) is 0 Å².